The number of hydrogen-bond acceptors (Lipinski definition) is 7. The third kappa shape index (κ3) is 3.85. The summed E-state index contributed by atoms with van der Waals surface area (Å²) in [6.07, 6.45) is 1.68. The number of aromatic nitrogens is 2. The number of sulfonamides is 1. The highest BCUT2D eigenvalue weighted by Gasteiger charge is 2.23. The van der Waals surface area contributed by atoms with E-state index < -0.39 is 16.1 Å². The minimum absolute atomic E-state index is 0.0961. The molecule has 1 fully saturated rings. The molecule has 0 saturated carbocycles. The van der Waals surface area contributed by atoms with E-state index in [0.29, 0.717) is 6.61 Å². The van der Waals surface area contributed by atoms with Crippen LogP contribution in [0, 0.1) is 0 Å². The lowest BCUT2D eigenvalue weighted by Crippen LogP contribution is -2.31. The number of urea groups is 1. The highest BCUT2D eigenvalue weighted by atomic mass is 32.2. The van der Waals surface area contributed by atoms with Crippen LogP contribution in [0.2, 0.25) is 0 Å². The first-order valence-electron chi connectivity index (χ1n) is 5.95. The molecule has 0 radical (unpaired) electrons. The number of carbonyl (C=O) groups is 1. The van der Waals surface area contributed by atoms with E-state index in [2.05, 4.69) is 25.6 Å². The maximum Gasteiger partial charge on any atom is 0.320 e. The predicted molar refractivity (Wildman–Crippen MR) is 72.1 cm³/mol. The van der Waals surface area contributed by atoms with Gasteiger partial charge in [0.1, 0.15) is 0 Å². The second-order valence-electron chi connectivity index (χ2n) is 4.06. The Morgan fingerprint density at radius 1 is 1.50 bits per heavy atom. The number of amides is 2. The van der Waals surface area contributed by atoms with Crippen LogP contribution in [-0.2, 0) is 14.8 Å². The van der Waals surface area contributed by atoms with Gasteiger partial charge in [0.05, 0.1) is 6.10 Å². The summed E-state index contributed by atoms with van der Waals surface area (Å²) < 4.78 is 31.5. The Morgan fingerprint density at radius 2 is 2.30 bits per heavy atom. The molecule has 0 bridgehead atoms. The van der Waals surface area contributed by atoms with Crippen molar-refractivity contribution in [2.24, 2.45) is 0 Å². The van der Waals surface area contributed by atoms with Crippen LogP contribution in [0.4, 0.5) is 9.93 Å². The summed E-state index contributed by atoms with van der Waals surface area (Å²) in [6.45, 7) is 0.867. The van der Waals surface area contributed by atoms with Gasteiger partial charge in [0.2, 0.25) is 9.47 Å². The topological polar surface area (TPSA) is 122 Å². The third-order valence-corrected chi connectivity index (χ3v) is 5.24. The molecule has 1 atom stereocenters. The number of nitrogens with one attached hydrogen (secondary N) is 3. The zero-order valence-electron chi connectivity index (χ0n) is 10.7. The summed E-state index contributed by atoms with van der Waals surface area (Å²) in [4.78, 5) is 11.1. The van der Waals surface area contributed by atoms with Gasteiger partial charge in [0.15, 0.2) is 0 Å². The van der Waals surface area contributed by atoms with Crippen molar-refractivity contribution in [1.82, 2.24) is 20.2 Å². The summed E-state index contributed by atoms with van der Waals surface area (Å²) in [7, 11) is -2.28. The number of anilines is 1. The van der Waals surface area contributed by atoms with Gasteiger partial charge in [-0.25, -0.2) is 17.9 Å². The lowest BCUT2D eigenvalue weighted by molar-refractivity contribution is 0.114. The Labute approximate surface area is 120 Å². The fourth-order valence-corrected chi connectivity index (χ4v) is 3.60. The van der Waals surface area contributed by atoms with Crippen LogP contribution in [0.1, 0.15) is 12.8 Å². The van der Waals surface area contributed by atoms with E-state index in [0.717, 1.165) is 24.2 Å². The lowest BCUT2D eigenvalue weighted by atomic mass is 10.2. The van der Waals surface area contributed by atoms with Crippen LogP contribution in [-0.4, -0.2) is 50.9 Å². The summed E-state index contributed by atoms with van der Waals surface area (Å²) in [5, 5.41) is 12.0. The fourth-order valence-electron chi connectivity index (χ4n) is 1.60. The Kier molecular flexibility index (Phi) is 4.86. The van der Waals surface area contributed by atoms with Gasteiger partial charge >= 0.3 is 6.03 Å². The molecule has 1 aliphatic rings. The van der Waals surface area contributed by atoms with Crippen LogP contribution in [0.15, 0.2) is 4.34 Å². The van der Waals surface area contributed by atoms with Crippen molar-refractivity contribution >= 4 is 32.5 Å². The van der Waals surface area contributed by atoms with Gasteiger partial charge in [-0.3, -0.25) is 5.32 Å². The highest BCUT2D eigenvalue weighted by molar-refractivity contribution is 7.91. The van der Waals surface area contributed by atoms with Crippen molar-refractivity contribution in [3.63, 3.8) is 0 Å². The Hall–Kier alpha value is -1.30. The monoisotopic (exact) mass is 321 g/mol. The maximum absolute atomic E-state index is 12.0. The number of rotatable bonds is 5. The first kappa shape index (κ1) is 15.1. The van der Waals surface area contributed by atoms with E-state index in [1.807, 2.05) is 0 Å². The summed E-state index contributed by atoms with van der Waals surface area (Å²) in [5.74, 6) is 0. The van der Waals surface area contributed by atoms with Gasteiger partial charge in [-0.15, -0.1) is 10.2 Å². The van der Waals surface area contributed by atoms with Gasteiger partial charge in [-0.05, 0) is 12.8 Å². The van der Waals surface area contributed by atoms with Gasteiger partial charge < -0.3 is 10.1 Å². The molecular weight excluding hydrogens is 306 g/mol. The van der Waals surface area contributed by atoms with Crippen molar-refractivity contribution in [3.05, 3.63) is 0 Å². The molecule has 1 aromatic heterocycles. The Balaban J connectivity index is 1.96. The molecule has 2 amide bonds. The molecule has 3 N–H and O–H groups in total. The van der Waals surface area contributed by atoms with Crippen molar-refractivity contribution in [3.8, 4) is 0 Å². The van der Waals surface area contributed by atoms with Gasteiger partial charge in [-0.2, -0.15) is 0 Å². The first-order valence-corrected chi connectivity index (χ1v) is 8.25. The molecule has 1 unspecified atom stereocenters. The van der Waals surface area contributed by atoms with E-state index in [1.165, 1.54) is 7.05 Å². The van der Waals surface area contributed by atoms with Crippen LogP contribution in [0.3, 0.4) is 0 Å². The Bertz CT molecular complexity index is 567. The van der Waals surface area contributed by atoms with E-state index in [-0.39, 0.29) is 22.1 Å². The van der Waals surface area contributed by atoms with Crippen molar-refractivity contribution in [2.45, 2.75) is 23.3 Å². The van der Waals surface area contributed by atoms with Crippen molar-refractivity contribution < 1.29 is 17.9 Å². The molecule has 9 nitrogen and oxygen atoms in total. The molecule has 112 valence electrons. The number of carbonyl (C=O) groups excluding carboxylic acids is 1. The van der Waals surface area contributed by atoms with E-state index in [9.17, 15) is 13.2 Å². The SMILES string of the molecule is CNC(=O)Nc1nnc(S(=O)(=O)NCC2CCCO2)s1. The predicted octanol–water partition coefficient (Wildman–Crippen LogP) is -0.253. The van der Waals surface area contributed by atoms with E-state index >= 15 is 0 Å². The van der Waals surface area contributed by atoms with Gasteiger partial charge in [0.25, 0.3) is 10.0 Å². The fraction of sp³-hybridized carbons (Fsp3) is 0.667. The summed E-state index contributed by atoms with van der Waals surface area (Å²) in [5.41, 5.74) is 0. The quantitative estimate of drug-likeness (QED) is 0.643. The zero-order chi connectivity index (χ0) is 14.6. The molecule has 1 aliphatic heterocycles. The van der Waals surface area contributed by atoms with Crippen LogP contribution < -0.4 is 15.4 Å². The third-order valence-electron chi connectivity index (χ3n) is 2.61. The minimum Gasteiger partial charge on any atom is -0.377 e. The standard InChI is InChI=1S/C9H15N5O4S2/c1-10-7(15)12-8-13-14-9(19-8)20(16,17)11-5-6-3-2-4-18-6/h6,11H,2-5H2,1H3,(H2,10,12,13,15). The first-order chi connectivity index (χ1) is 9.51. The van der Waals surface area contributed by atoms with Crippen LogP contribution >= 0.6 is 11.3 Å². The molecule has 2 rings (SSSR count). The number of hydrogen-bond donors (Lipinski definition) is 3. The molecular formula is C9H15N5O4S2. The Morgan fingerprint density at radius 3 is 2.95 bits per heavy atom. The lowest BCUT2D eigenvalue weighted by Gasteiger charge is -2.09. The molecule has 1 saturated heterocycles. The largest absolute Gasteiger partial charge is 0.377 e. The van der Waals surface area contributed by atoms with E-state index in [1.54, 1.807) is 0 Å². The average molecular weight is 321 g/mol. The molecule has 1 aromatic rings. The molecule has 0 spiro atoms. The van der Waals surface area contributed by atoms with Gasteiger partial charge in [-0.1, -0.05) is 11.3 Å². The summed E-state index contributed by atoms with van der Waals surface area (Å²) in [6, 6.07) is -0.489. The number of ether oxygens (including phenoxy) is 1. The minimum atomic E-state index is -3.73. The van der Waals surface area contributed by atoms with Crippen molar-refractivity contribution in [2.75, 3.05) is 25.5 Å². The van der Waals surface area contributed by atoms with Crippen LogP contribution in [0.5, 0.6) is 0 Å². The smallest absolute Gasteiger partial charge is 0.320 e. The molecule has 2 heterocycles. The maximum atomic E-state index is 12.0. The zero-order valence-corrected chi connectivity index (χ0v) is 12.4. The molecule has 20 heavy (non-hydrogen) atoms. The summed E-state index contributed by atoms with van der Waals surface area (Å²) >= 11 is 0.781. The average Bonchev–Trinajstić information content (AvgIpc) is 3.07. The second kappa shape index (κ2) is 6.43. The highest BCUT2D eigenvalue weighted by Crippen LogP contribution is 2.20. The van der Waals surface area contributed by atoms with Crippen molar-refractivity contribution in [1.29, 1.82) is 0 Å². The molecule has 0 aromatic carbocycles. The molecule has 11 heteroatoms. The van der Waals surface area contributed by atoms with E-state index in [4.69, 9.17) is 4.74 Å². The van der Waals surface area contributed by atoms with Gasteiger partial charge in [0, 0.05) is 20.2 Å². The second-order valence-corrected chi connectivity index (χ2v) is 6.98. The normalized spacial score (nSPS) is 18.9. The number of nitrogens with zero attached hydrogens (tertiary/aromatic N) is 2. The molecule has 0 aliphatic carbocycles. The van der Waals surface area contributed by atoms with Crippen LogP contribution in [0.25, 0.3) is 0 Å².